The summed E-state index contributed by atoms with van der Waals surface area (Å²) in [6.45, 7) is 3.50. The number of anilines is 3. The molecule has 3 amide bonds. The van der Waals surface area contributed by atoms with Crippen LogP contribution in [0.4, 0.5) is 21.9 Å². The number of nitrogens with one attached hydrogen (secondary N) is 1. The van der Waals surface area contributed by atoms with Gasteiger partial charge >= 0.3 is 6.03 Å². The number of aryl methyl sites for hydroxylation is 1. The maximum Gasteiger partial charge on any atom is 0.329 e. The Morgan fingerprint density at radius 2 is 1.85 bits per heavy atom. The summed E-state index contributed by atoms with van der Waals surface area (Å²) in [7, 11) is 3.85. The van der Waals surface area contributed by atoms with Gasteiger partial charge < -0.3 is 19.7 Å². The third kappa shape index (κ3) is 2.31. The summed E-state index contributed by atoms with van der Waals surface area (Å²) < 4.78 is 1.66. The number of carbonyl (C=O) groups excluding carboxylic acids is 2. The molecule has 3 aliphatic rings. The van der Waals surface area contributed by atoms with Crippen LogP contribution in [0.25, 0.3) is 0 Å². The second kappa shape index (κ2) is 5.50. The number of nitrogens with zero attached hydrogens (tertiary/aromatic N) is 4. The number of benzene rings is 1. The molecule has 1 N–H and O–H groups in total. The van der Waals surface area contributed by atoms with Crippen LogP contribution in [0.15, 0.2) is 30.5 Å². The van der Waals surface area contributed by atoms with E-state index in [9.17, 15) is 9.59 Å². The Kier molecular flexibility index (Phi) is 3.39. The number of para-hydroxylation sites is 2. The summed E-state index contributed by atoms with van der Waals surface area (Å²) >= 11 is 6.47. The third-order valence-corrected chi connectivity index (χ3v) is 5.94. The minimum Gasteiger partial charge on any atom is -0.343 e. The van der Waals surface area contributed by atoms with E-state index in [1.165, 1.54) is 0 Å². The molecule has 7 nitrogen and oxygen atoms in total. The minimum atomic E-state index is -0.275. The molecule has 3 aliphatic heterocycles. The van der Waals surface area contributed by atoms with Crippen molar-refractivity contribution < 1.29 is 9.59 Å². The zero-order valence-corrected chi connectivity index (χ0v) is 16.0. The largest absolute Gasteiger partial charge is 0.343 e. The van der Waals surface area contributed by atoms with Crippen molar-refractivity contribution in [2.75, 3.05) is 43.4 Å². The van der Waals surface area contributed by atoms with Crippen LogP contribution < -0.4 is 10.2 Å². The molecular formula is C19H20ClN5O2. The number of aromatic nitrogens is 1. The number of halogens is 1. The molecule has 0 radical (unpaired) electrons. The molecule has 5 rings (SSSR count). The fourth-order valence-electron chi connectivity index (χ4n) is 4.67. The lowest BCUT2D eigenvalue weighted by atomic mass is 9.73. The number of hydrogen-bond donors (Lipinski definition) is 1. The van der Waals surface area contributed by atoms with Crippen LogP contribution in [0.2, 0.25) is 5.02 Å². The normalized spacial score (nSPS) is 20.3. The van der Waals surface area contributed by atoms with Gasteiger partial charge in [0.1, 0.15) is 11.4 Å². The summed E-state index contributed by atoms with van der Waals surface area (Å²) in [5.41, 5.74) is 2.28. The van der Waals surface area contributed by atoms with Gasteiger partial charge in [0.15, 0.2) is 0 Å². The Balaban J connectivity index is 1.58. The summed E-state index contributed by atoms with van der Waals surface area (Å²) in [6.07, 6.45) is 1.67. The van der Waals surface area contributed by atoms with Crippen molar-refractivity contribution in [2.24, 2.45) is 12.5 Å². The van der Waals surface area contributed by atoms with Gasteiger partial charge in [-0.1, -0.05) is 23.7 Å². The van der Waals surface area contributed by atoms with Gasteiger partial charge in [-0.25, -0.2) is 4.79 Å². The molecule has 27 heavy (non-hydrogen) atoms. The SMILES string of the molecule is CN1CC2(C1)CN(C(=O)N1c3ccccc3NC(=O)c3c1c(Cl)cn3C)C2. The van der Waals surface area contributed by atoms with Crippen LogP contribution in [-0.2, 0) is 7.05 Å². The van der Waals surface area contributed by atoms with Gasteiger partial charge in [-0.3, -0.25) is 9.69 Å². The molecule has 1 aromatic heterocycles. The van der Waals surface area contributed by atoms with E-state index in [1.807, 2.05) is 23.1 Å². The smallest absolute Gasteiger partial charge is 0.329 e. The predicted molar refractivity (Wildman–Crippen MR) is 104 cm³/mol. The molecule has 0 saturated carbocycles. The van der Waals surface area contributed by atoms with Crippen LogP contribution in [0.3, 0.4) is 0 Å². The number of carbonyl (C=O) groups is 2. The fraction of sp³-hybridized carbons (Fsp3) is 0.368. The van der Waals surface area contributed by atoms with Crippen molar-refractivity contribution >= 4 is 40.6 Å². The number of likely N-dealkylation sites (tertiary alicyclic amines) is 2. The molecule has 0 bridgehead atoms. The fourth-order valence-corrected chi connectivity index (χ4v) is 4.99. The highest BCUT2D eigenvalue weighted by Crippen LogP contribution is 2.45. The Bertz CT molecular complexity index is 970. The van der Waals surface area contributed by atoms with Crippen molar-refractivity contribution in [2.45, 2.75) is 0 Å². The number of rotatable bonds is 0. The molecule has 1 aromatic carbocycles. The monoisotopic (exact) mass is 385 g/mol. The predicted octanol–water partition coefficient (Wildman–Crippen LogP) is 2.75. The number of amides is 3. The third-order valence-electron chi connectivity index (χ3n) is 5.67. The van der Waals surface area contributed by atoms with E-state index in [-0.39, 0.29) is 17.4 Å². The highest BCUT2D eigenvalue weighted by Gasteiger charge is 2.53. The van der Waals surface area contributed by atoms with Crippen molar-refractivity contribution in [3.05, 3.63) is 41.2 Å². The van der Waals surface area contributed by atoms with E-state index in [2.05, 4.69) is 17.3 Å². The van der Waals surface area contributed by atoms with Gasteiger partial charge in [-0.15, -0.1) is 0 Å². The van der Waals surface area contributed by atoms with Crippen LogP contribution in [0.5, 0.6) is 0 Å². The van der Waals surface area contributed by atoms with E-state index >= 15 is 0 Å². The molecule has 2 aromatic rings. The number of fused-ring (bicyclic) bond motifs is 2. The van der Waals surface area contributed by atoms with Crippen LogP contribution in [0, 0.1) is 5.41 Å². The lowest BCUT2D eigenvalue weighted by Crippen LogP contribution is -2.72. The maximum atomic E-state index is 13.5. The maximum absolute atomic E-state index is 13.5. The van der Waals surface area contributed by atoms with E-state index in [4.69, 9.17) is 11.6 Å². The molecule has 4 heterocycles. The number of urea groups is 1. The van der Waals surface area contributed by atoms with Gasteiger partial charge in [0.05, 0.1) is 16.4 Å². The highest BCUT2D eigenvalue weighted by molar-refractivity contribution is 6.36. The van der Waals surface area contributed by atoms with Crippen LogP contribution >= 0.6 is 11.6 Å². The molecule has 140 valence electrons. The summed E-state index contributed by atoms with van der Waals surface area (Å²) in [5.74, 6) is -0.275. The van der Waals surface area contributed by atoms with Gasteiger partial charge in [0.25, 0.3) is 5.91 Å². The zero-order valence-electron chi connectivity index (χ0n) is 15.2. The molecule has 0 atom stereocenters. The highest BCUT2D eigenvalue weighted by atomic mass is 35.5. The second-order valence-corrected chi connectivity index (χ2v) is 8.31. The Hall–Kier alpha value is -2.51. The quantitative estimate of drug-likeness (QED) is 0.758. The first-order valence-electron chi connectivity index (χ1n) is 8.91. The van der Waals surface area contributed by atoms with Crippen molar-refractivity contribution in [1.29, 1.82) is 0 Å². The summed E-state index contributed by atoms with van der Waals surface area (Å²) in [4.78, 5) is 31.9. The topological polar surface area (TPSA) is 60.8 Å². The first-order valence-corrected chi connectivity index (χ1v) is 9.29. The zero-order chi connectivity index (χ0) is 18.9. The lowest BCUT2D eigenvalue weighted by molar-refractivity contribution is -0.0813. The van der Waals surface area contributed by atoms with Crippen molar-refractivity contribution in [3.63, 3.8) is 0 Å². The van der Waals surface area contributed by atoms with Gasteiger partial charge in [-0.2, -0.15) is 0 Å². The van der Waals surface area contributed by atoms with Gasteiger partial charge in [-0.05, 0) is 19.2 Å². The Morgan fingerprint density at radius 3 is 2.56 bits per heavy atom. The average Bonchev–Trinajstić information content (AvgIpc) is 2.77. The molecule has 0 aliphatic carbocycles. The van der Waals surface area contributed by atoms with Gasteiger partial charge in [0, 0.05) is 44.8 Å². The molecule has 1 spiro atoms. The van der Waals surface area contributed by atoms with Crippen LogP contribution in [-0.4, -0.2) is 59.5 Å². The summed E-state index contributed by atoms with van der Waals surface area (Å²) in [5, 5.41) is 3.28. The Labute approximate surface area is 162 Å². The molecule has 2 saturated heterocycles. The van der Waals surface area contributed by atoms with Gasteiger partial charge in [0.2, 0.25) is 0 Å². The molecule has 2 fully saturated rings. The van der Waals surface area contributed by atoms with Crippen molar-refractivity contribution in [1.82, 2.24) is 14.4 Å². The van der Waals surface area contributed by atoms with Crippen molar-refractivity contribution in [3.8, 4) is 0 Å². The summed E-state index contributed by atoms with van der Waals surface area (Å²) in [6, 6.07) is 7.17. The minimum absolute atomic E-state index is 0.145. The number of hydrogen-bond acceptors (Lipinski definition) is 3. The van der Waals surface area contributed by atoms with E-state index in [1.54, 1.807) is 28.8 Å². The van der Waals surface area contributed by atoms with E-state index in [0.29, 0.717) is 27.8 Å². The lowest BCUT2D eigenvalue weighted by Gasteiger charge is -2.59. The standard InChI is InChI=1S/C19H20ClN5O2/c1-22-8-19(9-22)10-24(11-19)18(27)25-14-6-4-3-5-13(14)21-17(26)16-15(25)12(20)7-23(16)2/h3-7H,8-11H2,1-2H3,(H,21,26). The second-order valence-electron chi connectivity index (χ2n) is 7.90. The molecule has 8 heteroatoms. The molecule has 0 unspecified atom stereocenters. The first kappa shape index (κ1) is 16.6. The van der Waals surface area contributed by atoms with E-state index < -0.39 is 0 Å². The van der Waals surface area contributed by atoms with Crippen LogP contribution in [0.1, 0.15) is 10.5 Å². The molecular weight excluding hydrogens is 366 g/mol. The Morgan fingerprint density at radius 1 is 1.15 bits per heavy atom. The first-order chi connectivity index (χ1) is 12.9. The van der Waals surface area contributed by atoms with E-state index in [0.717, 1.165) is 26.2 Å². The average molecular weight is 386 g/mol.